The number of rotatable bonds is 3. The molecule has 0 fully saturated rings. The van der Waals surface area contributed by atoms with E-state index in [0.717, 1.165) is 18.0 Å². The van der Waals surface area contributed by atoms with Crippen LogP contribution in [0, 0.1) is 0 Å². The summed E-state index contributed by atoms with van der Waals surface area (Å²) >= 11 is 0. The molecule has 3 rings (SSSR count). The first-order valence-electron chi connectivity index (χ1n) is 6.30. The molecule has 0 spiro atoms. The summed E-state index contributed by atoms with van der Waals surface area (Å²) in [4.78, 5) is 0. The third-order valence-electron chi connectivity index (χ3n) is 3.04. The van der Waals surface area contributed by atoms with E-state index in [0.29, 0.717) is 24.7 Å². The fourth-order valence-corrected chi connectivity index (χ4v) is 2.05. The van der Waals surface area contributed by atoms with E-state index in [-0.39, 0.29) is 0 Å². The highest BCUT2D eigenvalue weighted by molar-refractivity contribution is 5.72. The lowest BCUT2D eigenvalue weighted by Crippen LogP contribution is -2.16. The van der Waals surface area contributed by atoms with E-state index in [1.54, 1.807) is 0 Å². The summed E-state index contributed by atoms with van der Waals surface area (Å²) in [6, 6.07) is 13.9. The number of fused-ring (bicyclic) bond motifs is 1. The van der Waals surface area contributed by atoms with Crippen molar-refractivity contribution in [2.45, 2.75) is 6.54 Å². The zero-order valence-electron chi connectivity index (χ0n) is 10.6. The van der Waals surface area contributed by atoms with Crippen LogP contribution in [0.1, 0.15) is 5.56 Å². The van der Waals surface area contributed by atoms with Crippen molar-refractivity contribution < 1.29 is 9.47 Å². The number of nitrogen functional groups attached to an aromatic ring is 1. The van der Waals surface area contributed by atoms with E-state index in [4.69, 9.17) is 15.2 Å². The van der Waals surface area contributed by atoms with Crippen LogP contribution in [0.3, 0.4) is 0 Å². The first-order valence-corrected chi connectivity index (χ1v) is 6.30. The minimum atomic E-state index is 0.573. The van der Waals surface area contributed by atoms with E-state index in [9.17, 15) is 0 Å². The molecule has 0 amide bonds. The Morgan fingerprint density at radius 1 is 1.00 bits per heavy atom. The molecule has 0 saturated heterocycles. The van der Waals surface area contributed by atoms with Gasteiger partial charge in [-0.1, -0.05) is 30.3 Å². The average molecular weight is 256 g/mol. The number of nitrogens with one attached hydrogen (secondary N) is 1. The van der Waals surface area contributed by atoms with Crippen LogP contribution in [0.5, 0.6) is 11.5 Å². The lowest BCUT2D eigenvalue weighted by atomic mass is 10.2. The summed E-state index contributed by atoms with van der Waals surface area (Å²) in [6.07, 6.45) is 0. The molecule has 1 aliphatic rings. The predicted octanol–water partition coefficient (Wildman–Crippen LogP) is 2.65. The standard InChI is InChI=1S/C15H16N2O2/c16-12-8-14-15(19-7-6-18-14)9-13(12)17-10-11-4-2-1-3-5-11/h1-5,8-9,17H,6-7,10,16H2. The number of hydrogen-bond acceptors (Lipinski definition) is 4. The second-order valence-corrected chi connectivity index (χ2v) is 4.42. The summed E-state index contributed by atoms with van der Waals surface area (Å²) in [5.74, 6) is 1.46. The molecule has 2 aromatic rings. The van der Waals surface area contributed by atoms with Gasteiger partial charge in [-0.3, -0.25) is 0 Å². The van der Waals surface area contributed by atoms with Gasteiger partial charge in [0, 0.05) is 18.7 Å². The van der Waals surface area contributed by atoms with Crippen molar-refractivity contribution in [2.75, 3.05) is 24.3 Å². The Morgan fingerprint density at radius 2 is 1.68 bits per heavy atom. The highest BCUT2D eigenvalue weighted by Crippen LogP contribution is 2.37. The topological polar surface area (TPSA) is 56.5 Å². The molecule has 0 atom stereocenters. The van der Waals surface area contributed by atoms with Crippen molar-refractivity contribution in [2.24, 2.45) is 0 Å². The minimum absolute atomic E-state index is 0.573. The van der Waals surface area contributed by atoms with E-state index >= 15 is 0 Å². The highest BCUT2D eigenvalue weighted by atomic mass is 16.6. The summed E-state index contributed by atoms with van der Waals surface area (Å²) in [7, 11) is 0. The van der Waals surface area contributed by atoms with Gasteiger partial charge in [-0.2, -0.15) is 0 Å². The Bertz CT molecular complexity index is 570. The lowest BCUT2D eigenvalue weighted by molar-refractivity contribution is 0.172. The van der Waals surface area contributed by atoms with Gasteiger partial charge in [0.1, 0.15) is 13.2 Å². The first-order chi connectivity index (χ1) is 9.33. The molecule has 0 aliphatic carbocycles. The zero-order chi connectivity index (χ0) is 13.1. The van der Waals surface area contributed by atoms with Gasteiger partial charge in [-0.25, -0.2) is 0 Å². The Hall–Kier alpha value is -2.36. The van der Waals surface area contributed by atoms with Crippen LogP contribution in [0.25, 0.3) is 0 Å². The third-order valence-corrected chi connectivity index (χ3v) is 3.04. The maximum atomic E-state index is 6.01. The normalized spacial score (nSPS) is 13.1. The molecule has 3 N–H and O–H groups in total. The minimum Gasteiger partial charge on any atom is -0.486 e. The van der Waals surface area contributed by atoms with Gasteiger partial charge in [0.25, 0.3) is 0 Å². The number of benzene rings is 2. The van der Waals surface area contributed by atoms with Crippen LogP contribution in [0.2, 0.25) is 0 Å². The van der Waals surface area contributed by atoms with E-state index < -0.39 is 0 Å². The lowest BCUT2D eigenvalue weighted by Gasteiger charge is -2.20. The van der Waals surface area contributed by atoms with Gasteiger partial charge in [0.15, 0.2) is 11.5 Å². The van der Waals surface area contributed by atoms with Crippen molar-refractivity contribution in [1.82, 2.24) is 0 Å². The Labute approximate surface area is 112 Å². The third kappa shape index (κ3) is 2.57. The van der Waals surface area contributed by atoms with Crippen molar-refractivity contribution in [3.8, 4) is 11.5 Å². The van der Waals surface area contributed by atoms with Crippen molar-refractivity contribution >= 4 is 11.4 Å². The van der Waals surface area contributed by atoms with Crippen molar-refractivity contribution in [3.63, 3.8) is 0 Å². The fraction of sp³-hybridized carbons (Fsp3) is 0.200. The first kappa shape index (κ1) is 11.7. The maximum absolute atomic E-state index is 6.01. The summed E-state index contributed by atoms with van der Waals surface area (Å²) < 4.78 is 11.0. The van der Waals surface area contributed by atoms with E-state index in [1.165, 1.54) is 5.56 Å². The highest BCUT2D eigenvalue weighted by Gasteiger charge is 2.14. The summed E-state index contributed by atoms with van der Waals surface area (Å²) in [5, 5.41) is 3.32. The molecule has 0 aromatic heterocycles. The molecule has 4 nitrogen and oxygen atoms in total. The van der Waals surface area contributed by atoms with Crippen LogP contribution >= 0.6 is 0 Å². The van der Waals surface area contributed by atoms with Crippen molar-refractivity contribution in [1.29, 1.82) is 0 Å². The van der Waals surface area contributed by atoms with Crippen LogP contribution in [0.4, 0.5) is 11.4 Å². The number of hydrogen-bond donors (Lipinski definition) is 2. The van der Waals surface area contributed by atoms with Crippen LogP contribution in [-0.4, -0.2) is 13.2 Å². The molecule has 0 radical (unpaired) electrons. The monoisotopic (exact) mass is 256 g/mol. The molecule has 1 aliphatic heterocycles. The quantitative estimate of drug-likeness (QED) is 0.829. The fourth-order valence-electron chi connectivity index (χ4n) is 2.05. The van der Waals surface area contributed by atoms with Gasteiger partial charge in [-0.15, -0.1) is 0 Å². The Morgan fingerprint density at radius 3 is 2.42 bits per heavy atom. The molecular formula is C15H16N2O2. The molecule has 2 aromatic carbocycles. The van der Waals surface area contributed by atoms with Crippen LogP contribution in [0.15, 0.2) is 42.5 Å². The second-order valence-electron chi connectivity index (χ2n) is 4.42. The van der Waals surface area contributed by atoms with Crippen LogP contribution in [-0.2, 0) is 6.54 Å². The maximum Gasteiger partial charge on any atom is 0.163 e. The largest absolute Gasteiger partial charge is 0.486 e. The molecule has 98 valence electrons. The molecular weight excluding hydrogens is 240 g/mol. The van der Waals surface area contributed by atoms with Crippen molar-refractivity contribution in [3.05, 3.63) is 48.0 Å². The molecule has 19 heavy (non-hydrogen) atoms. The number of anilines is 2. The molecule has 4 heteroatoms. The Balaban J connectivity index is 1.77. The number of nitrogens with two attached hydrogens (primary N) is 1. The smallest absolute Gasteiger partial charge is 0.163 e. The zero-order valence-corrected chi connectivity index (χ0v) is 10.6. The summed E-state index contributed by atoms with van der Waals surface area (Å²) in [5.41, 5.74) is 8.75. The summed E-state index contributed by atoms with van der Waals surface area (Å²) in [6.45, 7) is 1.88. The van der Waals surface area contributed by atoms with Gasteiger partial charge in [0.05, 0.1) is 11.4 Å². The molecule has 0 saturated carbocycles. The van der Waals surface area contributed by atoms with Gasteiger partial charge >= 0.3 is 0 Å². The average Bonchev–Trinajstić information content (AvgIpc) is 2.46. The van der Waals surface area contributed by atoms with Gasteiger partial charge in [-0.05, 0) is 5.56 Å². The molecule has 0 unspecified atom stereocenters. The van der Waals surface area contributed by atoms with Crippen LogP contribution < -0.4 is 20.5 Å². The second kappa shape index (κ2) is 5.10. The molecule has 1 heterocycles. The van der Waals surface area contributed by atoms with E-state index in [2.05, 4.69) is 17.4 Å². The van der Waals surface area contributed by atoms with Gasteiger partial charge in [0.2, 0.25) is 0 Å². The molecule has 0 bridgehead atoms. The number of ether oxygens (including phenoxy) is 2. The van der Waals surface area contributed by atoms with E-state index in [1.807, 2.05) is 30.3 Å². The Kier molecular flexibility index (Phi) is 3.14. The van der Waals surface area contributed by atoms with Gasteiger partial charge < -0.3 is 20.5 Å². The SMILES string of the molecule is Nc1cc2c(cc1NCc1ccccc1)OCCO2. The predicted molar refractivity (Wildman–Crippen MR) is 75.6 cm³/mol.